The third-order valence-corrected chi connectivity index (χ3v) is 3.13. The molecule has 1 aliphatic heterocycles. The summed E-state index contributed by atoms with van der Waals surface area (Å²) < 4.78 is 5.46. The number of likely N-dealkylation sites (tertiary alicyclic amines) is 1. The molecule has 4 nitrogen and oxygen atoms in total. The van der Waals surface area contributed by atoms with E-state index in [-0.39, 0.29) is 12.8 Å². The van der Waals surface area contributed by atoms with Crippen LogP contribution in [0.2, 0.25) is 0 Å². The summed E-state index contributed by atoms with van der Waals surface area (Å²) in [5.41, 5.74) is 1.19. The fourth-order valence-electron chi connectivity index (χ4n) is 2.02. The number of piperidine rings is 1. The molecule has 0 bridgehead atoms. The number of hydrogen-bond acceptors (Lipinski definition) is 2. The first-order valence-electron chi connectivity index (χ1n) is 6.48. The Hall–Kier alpha value is -1.71. The number of hydrogen-bond donors (Lipinski definition) is 1. The molecule has 1 aromatic carbocycles. The number of rotatable bonds is 3. The largest absolute Gasteiger partial charge is 0.473 e. The van der Waals surface area contributed by atoms with Crippen molar-refractivity contribution in [3.63, 3.8) is 0 Å². The molecule has 0 spiro atoms. The Morgan fingerprint density at radius 3 is 2.56 bits per heavy atom. The van der Waals surface area contributed by atoms with Crippen molar-refractivity contribution in [1.82, 2.24) is 10.2 Å². The summed E-state index contributed by atoms with van der Waals surface area (Å²) in [7, 11) is 0. The molecule has 98 valence electrons. The van der Waals surface area contributed by atoms with Crippen LogP contribution in [0.1, 0.15) is 24.8 Å². The summed E-state index contributed by atoms with van der Waals surface area (Å²) in [5.74, 6) is 0.777. The van der Waals surface area contributed by atoms with Gasteiger partial charge in [0.25, 0.3) is 0 Å². The Labute approximate surface area is 108 Å². The lowest BCUT2D eigenvalue weighted by Crippen LogP contribution is -2.43. The highest BCUT2D eigenvalue weighted by Gasteiger charge is 2.15. The van der Waals surface area contributed by atoms with E-state index in [1.54, 1.807) is 0 Å². The van der Waals surface area contributed by atoms with Crippen molar-refractivity contribution in [2.75, 3.05) is 19.8 Å². The summed E-state index contributed by atoms with van der Waals surface area (Å²) in [6, 6.07) is 7.76. The zero-order chi connectivity index (χ0) is 12.8. The first-order valence-corrected chi connectivity index (χ1v) is 6.48. The number of carbonyl (C=O) groups is 1. The van der Waals surface area contributed by atoms with Crippen LogP contribution in [0.15, 0.2) is 24.3 Å². The van der Waals surface area contributed by atoms with Crippen LogP contribution in [0.5, 0.6) is 5.75 Å². The summed E-state index contributed by atoms with van der Waals surface area (Å²) >= 11 is 0. The van der Waals surface area contributed by atoms with Gasteiger partial charge in [0, 0.05) is 13.1 Å². The van der Waals surface area contributed by atoms with Gasteiger partial charge in [0.15, 0.2) is 6.73 Å². The van der Waals surface area contributed by atoms with Crippen molar-refractivity contribution in [3.05, 3.63) is 29.8 Å². The van der Waals surface area contributed by atoms with Crippen molar-refractivity contribution in [2.45, 2.75) is 26.2 Å². The predicted molar refractivity (Wildman–Crippen MR) is 70.6 cm³/mol. The molecule has 0 aliphatic carbocycles. The molecule has 1 saturated heterocycles. The van der Waals surface area contributed by atoms with Crippen LogP contribution < -0.4 is 10.1 Å². The Morgan fingerprint density at radius 2 is 1.89 bits per heavy atom. The summed E-state index contributed by atoms with van der Waals surface area (Å²) in [6.45, 7) is 3.97. The fourth-order valence-corrected chi connectivity index (χ4v) is 2.02. The molecule has 1 fully saturated rings. The van der Waals surface area contributed by atoms with Gasteiger partial charge in [-0.1, -0.05) is 17.7 Å². The molecule has 18 heavy (non-hydrogen) atoms. The molecule has 1 aromatic rings. The number of benzene rings is 1. The molecule has 0 saturated carbocycles. The van der Waals surface area contributed by atoms with Crippen LogP contribution >= 0.6 is 0 Å². The van der Waals surface area contributed by atoms with Crippen molar-refractivity contribution < 1.29 is 9.53 Å². The lowest BCUT2D eigenvalue weighted by Gasteiger charge is -2.26. The number of nitrogens with one attached hydrogen (secondary N) is 1. The number of aryl methyl sites for hydroxylation is 1. The van der Waals surface area contributed by atoms with Crippen molar-refractivity contribution in [2.24, 2.45) is 0 Å². The smallest absolute Gasteiger partial charge is 0.320 e. The lowest BCUT2D eigenvalue weighted by atomic mass is 10.1. The minimum atomic E-state index is -0.0261. The standard InChI is InChI=1S/C14H20N2O2/c1-12-5-7-13(8-6-12)18-11-15-14(17)16-9-3-2-4-10-16/h5-8H,2-4,9-11H2,1H3,(H,15,17). The number of ether oxygens (including phenoxy) is 1. The maximum atomic E-state index is 11.8. The molecule has 1 heterocycles. The zero-order valence-corrected chi connectivity index (χ0v) is 10.8. The van der Waals surface area contributed by atoms with Gasteiger partial charge in [-0.25, -0.2) is 4.79 Å². The molecule has 4 heteroatoms. The number of carbonyl (C=O) groups excluding carboxylic acids is 1. The van der Waals surface area contributed by atoms with E-state index in [1.807, 2.05) is 36.1 Å². The average Bonchev–Trinajstić information content (AvgIpc) is 2.42. The molecular weight excluding hydrogens is 228 g/mol. The summed E-state index contributed by atoms with van der Waals surface area (Å²) in [5, 5.41) is 2.78. The SMILES string of the molecule is Cc1ccc(OCNC(=O)N2CCCCC2)cc1. The Morgan fingerprint density at radius 1 is 1.22 bits per heavy atom. The third kappa shape index (κ3) is 3.65. The normalized spacial score (nSPS) is 15.3. The second-order valence-electron chi connectivity index (χ2n) is 4.63. The second-order valence-corrected chi connectivity index (χ2v) is 4.63. The van der Waals surface area contributed by atoms with E-state index in [9.17, 15) is 4.79 Å². The Bertz CT molecular complexity index is 383. The van der Waals surface area contributed by atoms with Gasteiger partial charge in [-0.15, -0.1) is 0 Å². The van der Waals surface area contributed by atoms with Gasteiger partial charge in [-0.05, 0) is 38.3 Å². The van der Waals surface area contributed by atoms with E-state index in [0.717, 1.165) is 31.7 Å². The monoisotopic (exact) mass is 248 g/mol. The van der Waals surface area contributed by atoms with Gasteiger partial charge in [0.2, 0.25) is 0 Å². The Kier molecular flexibility index (Phi) is 4.45. The molecular formula is C14H20N2O2. The first-order chi connectivity index (χ1) is 8.75. The van der Waals surface area contributed by atoms with Gasteiger partial charge in [-0.3, -0.25) is 0 Å². The lowest BCUT2D eigenvalue weighted by molar-refractivity contribution is 0.174. The molecule has 2 rings (SSSR count). The molecule has 1 N–H and O–H groups in total. The highest BCUT2D eigenvalue weighted by molar-refractivity contribution is 5.74. The number of urea groups is 1. The van der Waals surface area contributed by atoms with E-state index >= 15 is 0 Å². The van der Waals surface area contributed by atoms with Crippen molar-refractivity contribution in [1.29, 1.82) is 0 Å². The van der Waals surface area contributed by atoms with Crippen molar-refractivity contribution >= 4 is 6.03 Å². The molecule has 2 amide bonds. The van der Waals surface area contributed by atoms with E-state index < -0.39 is 0 Å². The summed E-state index contributed by atoms with van der Waals surface area (Å²) in [4.78, 5) is 13.6. The third-order valence-electron chi connectivity index (χ3n) is 3.13. The topological polar surface area (TPSA) is 41.6 Å². The van der Waals surface area contributed by atoms with Gasteiger partial charge in [-0.2, -0.15) is 0 Å². The van der Waals surface area contributed by atoms with Crippen LogP contribution in [-0.4, -0.2) is 30.8 Å². The van der Waals surface area contributed by atoms with E-state index in [1.165, 1.54) is 12.0 Å². The van der Waals surface area contributed by atoms with Crippen LogP contribution in [-0.2, 0) is 0 Å². The first kappa shape index (κ1) is 12.7. The molecule has 0 atom stereocenters. The average molecular weight is 248 g/mol. The van der Waals surface area contributed by atoms with E-state index in [4.69, 9.17) is 4.74 Å². The molecule has 1 aliphatic rings. The quantitative estimate of drug-likeness (QED) is 0.835. The summed E-state index contributed by atoms with van der Waals surface area (Å²) in [6.07, 6.45) is 3.43. The van der Waals surface area contributed by atoms with E-state index in [2.05, 4.69) is 5.32 Å². The maximum absolute atomic E-state index is 11.8. The van der Waals surface area contributed by atoms with Crippen molar-refractivity contribution in [3.8, 4) is 5.75 Å². The number of amides is 2. The highest BCUT2D eigenvalue weighted by Crippen LogP contribution is 2.11. The van der Waals surface area contributed by atoms with E-state index in [0.29, 0.717) is 0 Å². The number of nitrogens with zero attached hydrogens (tertiary/aromatic N) is 1. The van der Waals surface area contributed by atoms with Crippen LogP contribution in [0.3, 0.4) is 0 Å². The second kappa shape index (κ2) is 6.28. The molecule has 0 radical (unpaired) electrons. The van der Waals surface area contributed by atoms with Gasteiger partial charge < -0.3 is 15.0 Å². The van der Waals surface area contributed by atoms with Gasteiger partial charge in [0.1, 0.15) is 5.75 Å². The minimum absolute atomic E-state index is 0.0261. The molecule has 0 unspecified atom stereocenters. The maximum Gasteiger partial charge on any atom is 0.320 e. The van der Waals surface area contributed by atoms with Crippen LogP contribution in [0.4, 0.5) is 4.79 Å². The van der Waals surface area contributed by atoms with Crippen LogP contribution in [0, 0.1) is 6.92 Å². The van der Waals surface area contributed by atoms with Gasteiger partial charge >= 0.3 is 6.03 Å². The van der Waals surface area contributed by atoms with Crippen LogP contribution in [0.25, 0.3) is 0 Å². The predicted octanol–water partition coefficient (Wildman–Crippen LogP) is 2.53. The minimum Gasteiger partial charge on any atom is -0.473 e. The zero-order valence-electron chi connectivity index (χ0n) is 10.8. The molecule has 0 aromatic heterocycles. The van der Waals surface area contributed by atoms with Gasteiger partial charge in [0.05, 0.1) is 0 Å². The highest BCUT2D eigenvalue weighted by atomic mass is 16.5. The fraction of sp³-hybridized carbons (Fsp3) is 0.500. The Balaban J connectivity index is 1.71.